The number of hydrogen-bond donors (Lipinski definition) is 0. The van der Waals surface area contributed by atoms with Gasteiger partial charge in [0, 0.05) is 0 Å². The Hall–Kier alpha value is -1.37. The molecule has 0 saturated carbocycles. The Morgan fingerprint density at radius 1 is 1.58 bits per heavy atom. The summed E-state index contributed by atoms with van der Waals surface area (Å²) in [6, 6.07) is 5.18. The van der Waals surface area contributed by atoms with Crippen molar-refractivity contribution in [2.45, 2.75) is 0 Å². The molecule has 3 heteroatoms. The largest absolute Gasteiger partial charge is 0.240 e. The molecule has 0 fully saturated rings. The van der Waals surface area contributed by atoms with Gasteiger partial charge in [0.05, 0.1) is 10.7 Å². The van der Waals surface area contributed by atoms with Gasteiger partial charge in [0.1, 0.15) is 0 Å². The van der Waals surface area contributed by atoms with Crippen molar-refractivity contribution < 1.29 is 4.79 Å². The molecule has 1 aromatic rings. The van der Waals surface area contributed by atoms with Crippen LogP contribution in [0.25, 0.3) is 6.08 Å². The van der Waals surface area contributed by atoms with Crippen LogP contribution >= 0.6 is 11.6 Å². The Balaban J connectivity index is 3.31. The summed E-state index contributed by atoms with van der Waals surface area (Å²) in [5, 5.41) is 0.427. The third-order valence-electron chi connectivity index (χ3n) is 1.39. The molecule has 60 valence electrons. The van der Waals surface area contributed by atoms with E-state index in [1.54, 1.807) is 24.3 Å². The molecule has 0 aliphatic heterocycles. The highest BCUT2D eigenvalue weighted by atomic mass is 35.5. The molecule has 0 spiro atoms. The number of isocyanates is 1. The summed E-state index contributed by atoms with van der Waals surface area (Å²) in [4.78, 5) is 13.4. The molecule has 0 atom stereocenters. The highest BCUT2D eigenvalue weighted by Gasteiger charge is 2.00. The third-order valence-corrected chi connectivity index (χ3v) is 1.81. The van der Waals surface area contributed by atoms with Gasteiger partial charge in [-0.25, -0.2) is 4.79 Å². The van der Waals surface area contributed by atoms with Gasteiger partial charge in [-0.2, -0.15) is 4.99 Å². The number of halogens is 1. The van der Waals surface area contributed by atoms with Crippen molar-refractivity contribution in [1.82, 2.24) is 0 Å². The highest BCUT2D eigenvalue weighted by molar-refractivity contribution is 6.34. The van der Waals surface area contributed by atoms with Crippen LogP contribution in [0.2, 0.25) is 5.02 Å². The van der Waals surface area contributed by atoms with Gasteiger partial charge >= 0.3 is 0 Å². The molecule has 0 heterocycles. The van der Waals surface area contributed by atoms with Crippen molar-refractivity contribution in [2.24, 2.45) is 4.99 Å². The molecule has 1 rings (SSSR count). The van der Waals surface area contributed by atoms with Crippen LogP contribution in [0.5, 0.6) is 0 Å². The van der Waals surface area contributed by atoms with E-state index in [0.29, 0.717) is 10.7 Å². The lowest BCUT2D eigenvalue weighted by molar-refractivity contribution is 0.565. The average Bonchev–Trinajstić information content (AvgIpc) is 2.09. The van der Waals surface area contributed by atoms with Crippen LogP contribution in [0, 0.1) is 0 Å². The Bertz CT molecular complexity index is 354. The van der Waals surface area contributed by atoms with Crippen LogP contribution in [0.4, 0.5) is 5.69 Å². The molecule has 0 saturated heterocycles. The highest BCUT2D eigenvalue weighted by Crippen LogP contribution is 2.28. The van der Waals surface area contributed by atoms with Crippen molar-refractivity contribution in [2.75, 3.05) is 0 Å². The molecule has 0 aliphatic carbocycles. The van der Waals surface area contributed by atoms with E-state index >= 15 is 0 Å². The molecule has 1 aromatic carbocycles. The van der Waals surface area contributed by atoms with Gasteiger partial charge in [-0.3, -0.25) is 0 Å². The van der Waals surface area contributed by atoms with E-state index in [-0.39, 0.29) is 0 Å². The van der Waals surface area contributed by atoms with Crippen LogP contribution in [0.3, 0.4) is 0 Å². The number of rotatable bonds is 2. The van der Waals surface area contributed by atoms with Gasteiger partial charge in [0.25, 0.3) is 0 Å². The maximum Gasteiger partial charge on any atom is 0.240 e. The molecular formula is C9H6ClNO. The first-order valence-corrected chi connectivity index (χ1v) is 3.66. The SMILES string of the molecule is C=Cc1cccc(N=C=O)c1Cl. The van der Waals surface area contributed by atoms with E-state index in [2.05, 4.69) is 11.6 Å². The fraction of sp³-hybridized carbons (Fsp3) is 0. The predicted molar refractivity (Wildman–Crippen MR) is 49.3 cm³/mol. The zero-order valence-corrected chi connectivity index (χ0v) is 7.01. The second-order valence-corrected chi connectivity index (χ2v) is 2.47. The zero-order chi connectivity index (χ0) is 8.97. The average molecular weight is 180 g/mol. The third kappa shape index (κ3) is 1.62. The predicted octanol–water partition coefficient (Wildman–Crippen LogP) is 2.95. The maximum atomic E-state index is 9.95. The summed E-state index contributed by atoms with van der Waals surface area (Å²) >= 11 is 5.84. The van der Waals surface area contributed by atoms with Gasteiger partial charge in [-0.15, -0.1) is 0 Å². The van der Waals surface area contributed by atoms with E-state index < -0.39 is 0 Å². The van der Waals surface area contributed by atoms with Crippen LogP contribution in [0.1, 0.15) is 5.56 Å². The summed E-state index contributed by atoms with van der Waals surface area (Å²) in [5.41, 5.74) is 1.18. The molecule has 0 bridgehead atoms. The summed E-state index contributed by atoms with van der Waals surface area (Å²) in [5.74, 6) is 0. The topological polar surface area (TPSA) is 29.4 Å². The van der Waals surface area contributed by atoms with E-state index in [1.807, 2.05) is 0 Å². The van der Waals surface area contributed by atoms with Crippen LogP contribution < -0.4 is 0 Å². The van der Waals surface area contributed by atoms with Crippen LogP contribution in [-0.2, 0) is 4.79 Å². The number of aliphatic imine (C=N–C) groups is 1. The summed E-state index contributed by atoms with van der Waals surface area (Å²) < 4.78 is 0. The number of hydrogen-bond acceptors (Lipinski definition) is 2. The van der Waals surface area contributed by atoms with Gasteiger partial charge in [0.2, 0.25) is 6.08 Å². The maximum absolute atomic E-state index is 9.95. The fourth-order valence-corrected chi connectivity index (χ4v) is 1.08. The van der Waals surface area contributed by atoms with E-state index in [9.17, 15) is 4.79 Å². The molecule has 0 radical (unpaired) electrons. The van der Waals surface area contributed by atoms with E-state index in [4.69, 9.17) is 11.6 Å². The van der Waals surface area contributed by atoms with Crippen molar-refractivity contribution in [3.05, 3.63) is 35.4 Å². The van der Waals surface area contributed by atoms with Crippen molar-refractivity contribution in [3.8, 4) is 0 Å². The first-order chi connectivity index (χ1) is 5.79. The number of nitrogens with zero attached hydrogens (tertiary/aromatic N) is 1. The lowest BCUT2D eigenvalue weighted by Gasteiger charge is -1.98. The Kier molecular flexibility index (Phi) is 2.81. The van der Waals surface area contributed by atoms with Gasteiger partial charge in [-0.05, 0) is 11.6 Å². The Morgan fingerprint density at radius 3 is 2.92 bits per heavy atom. The molecule has 12 heavy (non-hydrogen) atoms. The zero-order valence-electron chi connectivity index (χ0n) is 6.25. The standard InChI is InChI=1S/C9H6ClNO/c1-2-7-4-3-5-8(9(7)10)11-6-12/h2-5H,1H2. The second kappa shape index (κ2) is 3.86. The molecule has 0 amide bonds. The van der Waals surface area contributed by atoms with Crippen molar-refractivity contribution in [3.63, 3.8) is 0 Å². The van der Waals surface area contributed by atoms with Gasteiger partial charge < -0.3 is 0 Å². The lowest BCUT2D eigenvalue weighted by atomic mass is 10.2. The Morgan fingerprint density at radius 2 is 2.33 bits per heavy atom. The lowest BCUT2D eigenvalue weighted by Crippen LogP contribution is -1.74. The van der Waals surface area contributed by atoms with Crippen molar-refractivity contribution in [1.29, 1.82) is 0 Å². The fourth-order valence-electron chi connectivity index (χ4n) is 0.830. The number of carbonyl (C=O) groups excluding carboxylic acids is 1. The van der Waals surface area contributed by atoms with Crippen LogP contribution in [-0.4, -0.2) is 6.08 Å². The van der Waals surface area contributed by atoms with Gasteiger partial charge in [-0.1, -0.05) is 36.4 Å². The molecule has 0 unspecified atom stereocenters. The summed E-state index contributed by atoms with van der Waals surface area (Å²) in [7, 11) is 0. The number of benzene rings is 1. The summed E-state index contributed by atoms with van der Waals surface area (Å²) in [6.45, 7) is 3.57. The minimum Gasteiger partial charge on any atom is -0.211 e. The quantitative estimate of drug-likeness (QED) is 0.507. The smallest absolute Gasteiger partial charge is 0.211 e. The first-order valence-electron chi connectivity index (χ1n) is 3.28. The van der Waals surface area contributed by atoms with E-state index in [1.165, 1.54) is 6.08 Å². The molecule has 0 N–H and O–H groups in total. The van der Waals surface area contributed by atoms with Crippen LogP contribution in [0.15, 0.2) is 29.8 Å². The van der Waals surface area contributed by atoms with Gasteiger partial charge in [0.15, 0.2) is 0 Å². The molecular weight excluding hydrogens is 174 g/mol. The summed E-state index contributed by atoms with van der Waals surface area (Å²) in [6.07, 6.45) is 3.04. The minimum atomic E-state index is 0.420. The normalized spacial score (nSPS) is 8.75. The molecule has 2 nitrogen and oxygen atoms in total. The van der Waals surface area contributed by atoms with E-state index in [0.717, 1.165) is 5.56 Å². The first kappa shape index (κ1) is 8.72. The van der Waals surface area contributed by atoms with Crippen molar-refractivity contribution >= 4 is 29.4 Å². The minimum absolute atomic E-state index is 0.420. The second-order valence-electron chi connectivity index (χ2n) is 2.09. The Labute approximate surface area is 75.2 Å². The monoisotopic (exact) mass is 179 g/mol. The molecule has 0 aromatic heterocycles. The molecule has 0 aliphatic rings.